The first-order valence-corrected chi connectivity index (χ1v) is 11.9. The first-order chi connectivity index (χ1) is 16.6. The Morgan fingerprint density at radius 3 is 2.66 bits per heavy atom. The summed E-state index contributed by atoms with van der Waals surface area (Å²) < 4.78 is 53.5. The molecule has 0 aliphatic carbocycles. The lowest BCUT2D eigenvalue weighted by atomic mass is 9.80. The number of likely N-dealkylation sites (tertiary alicyclic amines) is 1. The molecular weight excluding hydrogens is 484 g/mol. The van der Waals surface area contributed by atoms with Crippen molar-refractivity contribution in [2.45, 2.75) is 17.2 Å². The summed E-state index contributed by atoms with van der Waals surface area (Å²) in [6.45, 7) is 5.24. The predicted octanol–water partition coefficient (Wildman–Crippen LogP) is 3.69. The Labute approximate surface area is 204 Å². The van der Waals surface area contributed by atoms with E-state index in [0.29, 0.717) is 31.0 Å². The minimum Gasteiger partial charge on any atom is -0.328 e. The number of halogens is 4. The fourth-order valence-electron chi connectivity index (χ4n) is 4.58. The lowest BCUT2D eigenvalue weighted by Crippen LogP contribution is -2.61. The van der Waals surface area contributed by atoms with Gasteiger partial charge in [0.05, 0.1) is 5.54 Å². The number of carbonyl (C=O) groups excluding carboxylic acids is 2. The fraction of sp³-hybridized carbons (Fsp3) is 0.333. The van der Waals surface area contributed by atoms with Crippen LogP contribution in [0, 0.1) is 11.7 Å². The van der Waals surface area contributed by atoms with E-state index in [0.717, 1.165) is 12.1 Å². The maximum atomic E-state index is 15.2. The number of rotatable bonds is 6. The van der Waals surface area contributed by atoms with Gasteiger partial charge in [-0.3, -0.25) is 19.8 Å². The highest BCUT2D eigenvalue weighted by molar-refractivity contribution is 7.99. The Kier molecular flexibility index (Phi) is 7.20. The molecule has 1 unspecified atom stereocenters. The molecular formula is C24H24F4N4O2S. The minimum absolute atomic E-state index is 0.111. The molecule has 2 aromatic carbocycles. The van der Waals surface area contributed by atoms with Crippen molar-refractivity contribution in [1.82, 2.24) is 15.5 Å². The first kappa shape index (κ1) is 25.2. The molecule has 0 bridgehead atoms. The number of benzene rings is 2. The molecule has 11 heteroatoms. The van der Waals surface area contributed by atoms with Crippen molar-refractivity contribution >= 4 is 29.3 Å². The van der Waals surface area contributed by atoms with Crippen LogP contribution in [0.25, 0.3) is 0 Å². The molecule has 0 aromatic heterocycles. The van der Waals surface area contributed by atoms with Gasteiger partial charge in [0, 0.05) is 48.1 Å². The summed E-state index contributed by atoms with van der Waals surface area (Å²) in [5, 5.41) is 8.08. The van der Waals surface area contributed by atoms with Gasteiger partial charge in [0.2, 0.25) is 0 Å². The molecule has 2 amide bonds. The van der Waals surface area contributed by atoms with E-state index in [2.05, 4.69) is 22.1 Å². The molecule has 2 fully saturated rings. The summed E-state index contributed by atoms with van der Waals surface area (Å²) >= 11 is 1.46. The largest absolute Gasteiger partial charge is 0.471 e. The van der Waals surface area contributed by atoms with Gasteiger partial charge in [0.1, 0.15) is 11.3 Å². The molecule has 2 aromatic rings. The van der Waals surface area contributed by atoms with Crippen molar-refractivity contribution in [2.75, 3.05) is 30.7 Å². The van der Waals surface area contributed by atoms with Gasteiger partial charge in [-0.2, -0.15) is 13.2 Å². The van der Waals surface area contributed by atoms with Gasteiger partial charge in [0.15, 0.2) is 0 Å². The van der Waals surface area contributed by atoms with Crippen molar-refractivity contribution in [3.8, 4) is 0 Å². The monoisotopic (exact) mass is 508 g/mol. The molecule has 3 atom stereocenters. The van der Waals surface area contributed by atoms with Crippen LogP contribution in [-0.4, -0.2) is 53.8 Å². The Bertz CT molecular complexity index is 1110. The van der Waals surface area contributed by atoms with E-state index in [1.165, 1.54) is 17.8 Å². The molecule has 2 heterocycles. The van der Waals surface area contributed by atoms with E-state index in [-0.39, 0.29) is 23.1 Å². The number of thioether (sulfide) groups is 1. The van der Waals surface area contributed by atoms with Crippen LogP contribution in [0.2, 0.25) is 0 Å². The molecule has 0 spiro atoms. The average Bonchev–Trinajstić information content (AvgIpc) is 3.18. The van der Waals surface area contributed by atoms with Crippen LogP contribution >= 0.6 is 11.8 Å². The number of alkyl halides is 3. The van der Waals surface area contributed by atoms with Crippen LogP contribution < -0.4 is 16.0 Å². The van der Waals surface area contributed by atoms with Crippen molar-refractivity contribution < 1.29 is 27.2 Å². The second-order valence-corrected chi connectivity index (χ2v) is 9.63. The molecule has 186 valence electrons. The summed E-state index contributed by atoms with van der Waals surface area (Å²) in [4.78, 5) is 26.3. The minimum atomic E-state index is -5.07. The van der Waals surface area contributed by atoms with Gasteiger partial charge in [-0.05, 0) is 30.3 Å². The van der Waals surface area contributed by atoms with Gasteiger partial charge in [-0.15, -0.1) is 18.3 Å². The van der Waals surface area contributed by atoms with E-state index < -0.39 is 28.9 Å². The van der Waals surface area contributed by atoms with E-state index in [1.54, 1.807) is 41.7 Å². The van der Waals surface area contributed by atoms with E-state index in [1.807, 2.05) is 0 Å². The number of hydrogen-bond acceptors (Lipinski definition) is 5. The number of amides is 2. The summed E-state index contributed by atoms with van der Waals surface area (Å²) in [5.41, 5.74) is -1.15. The lowest BCUT2D eigenvalue weighted by molar-refractivity contribution is -0.167. The Morgan fingerprint density at radius 1 is 1.23 bits per heavy atom. The third-order valence-electron chi connectivity index (χ3n) is 6.15. The Balaban J connectivity index is 1.65. The van der Waals surface area contributed by atoms with Crippen LogP contribution in [0.3, 0.4) is 0 Å². The van der Waals surface area contributed by atoms with Crippen LogP contribution in [-0.2, 0) is 10.3 Å². The molecule has 0 radical (unpaired) electrons. The molecule has 2 aliphatic rings. The quantitative estimate of drug-likeness (QED) is 0.410. The standard InChI is InChI=1S/C24H24F4N4O2S/c1-2-10-32-12-16-13-35-22(30-20(33)15-6-4-3-5-7-15)31-23(16,14-32)18-11-17(8-9-19(18)25)29-21(34)24(26,27)28/h2-9,11,16,22,31H,1,10,12-14H2,(H,29,34)(H,30,33)/t16-,22?,23-/m0/s1. The number of fused-ring (bicyclic) bond motifs is 1. The number of hydrogen-bond donors (Lipinski definition) is 3. The van der Waals surface area contributed by atoms with Gasteiger partial charge < -0.3 is 10.6 Å². The van der Waals surface area contributed by atoms with Gasteiger partial charge in [-0.25, -0.2) is 4.39 Å². The highest BCUT2D eigenvalue weighted by Crippen LogP contribution is 2.44. The Hall–Kier alpha value is -2.89. The molecule has 6 nitrogen and oxygen atoms in total. The van der Waals surface area contributed by atoms with Gasteiger partial charge in [0.25, 0.3) is 5.91 Å². The zero-order valence-corrected chi connectivity index (χ0v) is 19.4. The van der Waals surface area contributed by atoms with Crippen molar-refractivity contribution in [3.63, 3.8) is 0 Å². The molecule has 2 saturated heterocycles. The normalized spacial score (nSPS) is 24.5. The van der Waals surface area contributed by atoms with Crippen molar-refractivity contribution in [1.29, 1.82) is 0 Å². The summed E-state index contributed by atoms with van der Waals surface area (Å²) in [7, 11) is 0. The van der Waals surface area contributed by atoms with Gasteiger partial charge >= 0.3 is 12.1 Å². The highest BCUT2D eigenvalue weighted by atomic mass is 32.2. The smallest absolute Gasteiger partial charge is 0.328 e. The number of anilines is 1. The maximum absolute atomic E-state index is 15.2. The number of nitrogens with one attached hydrogen (secondary N) is 3. The van der Waals surface area contributed by atoms with Gasteiger partial charge in [-0.1, -0.05) is 24.3 Å². The SMILES string of the molecule is C=CCN1C[C@H]2CSC(NC(=O)c3ccccc3)N[C@@]2(c2cc(NC(=O)C(F)(F)F)ccc2F)C1. The zero-order valence-electron chi connectivity index (χ0n) is 18.6. The molecule has 3 N–H and O–H groups in total. The lowest BCUT2D eigenvalue weighted by Gasteiger charge is -2.44. The summed E-state index contributed by atoms with van der Waals surface area (Å²) in [6, 6.07) is 12.0. The molecule has 2 aliphatic heterocycles. The summed E-state index contributed by atoms with van der Waals surface area (Å²) in [6.07, 6.45) is -3.35. The third kappa shape index (κ3) is 5.36. The second kappa shape index (κ2) is 10.00. The topological polar surface area (TPSA) is 73.5 Å². The summed E-state index contributed by atoms with van der Waals surface area (Å²) in [5.74, 6) is -2.60. The van der Waals surface area contributed by atoms with Crippen molar-refractivity contribution in [2.24, 2.45) is 5.92 Å². The van der Waals surface area contributed by atoms with E-state index >= 15 is 4.39 Å². The van der Waals surface area contributed by atoms with Crippen molar-refractivity contribution in [3.05, 3.63) is 78.1 Å². The number of nitrogens with zero attached hydrogens (tertiary/aromatic N) is 1. The molecule has 35 heavy (non-hydrogen) atoms. The molecule has 0 saturated carbocycles. The Morgan fingerprint density at radius 2 is 1.97 bits per heavy atom. The average molecular weight is 509 g/mol. The van der Waals surface area contributed by atoms with Crippen LogP contribution in [0.1, 0.15) is 15.9 Å². The maximum Gasteiger partial charge on any atom is 0.471 e. The van der Waals surface area contributed by atoms with Crippen LogP contribution in [0.15, 0.2) is 61.2 Å². The zero-order chi connectivity index (χ0) is 25.2. The molecule has 4 rings (SSSR count). The highest BCUT2D eigenvalue weighted by Gasteiger charge is 2.52. The van der Waals surface area contributed by atoms with Crippen LogP contribution in [0.4, 0.5) is 23.2 Å². The predicted molar refractivity (Wildman–Crippen MR) is 126 cm³/mol. The third-order valence-corrected chi connectivity index (χ3v) is 7.31. The number of carbonyl (C=O) groups is 2. The second-order valence-electron chi connectivity index (χ2n) is 8.49. The fourth-order valence-corrected chi connectivity index (χ4v) is 5.88. The van der Waals surface area contributed by atoms with E-state index in [9.17, 15) is 22.8 Å². The van der Waals surface area contributed by atoms with Crippen LogP contribution in [0.5, 0.6) is 0 Å². The first-order valence-electron chi connectivity index (χ1n) is 10.9. The van der Waals surface area contributed by atoms with E-state index in [4.69, 9.17) is 0 Å².